The number of amides is 1. The monoisotopic (exact) mass is 337 g/mol. The smallest absolute Gasteiger partial charge is 0.240 e. The topological polar surface area (TPSA) is 65.5 Å². The normalized spacial score (nSPS) is 24.5. The van der Waals surface area contributed by atoms with Gasteiger partial charge in [-0.15, -0.1) is 11.3 Å². The molecule has 0 atom stereocenters. The van der Waals surface area contributed by atoms with Gasteiger partial charge in [-0.25, -0.2) is 4.98 Å². The molecule has 1 aromatic heterocycles. The highest BCUT2D eigenvalue weighted by molar-refractivity contribution is 7.15. The Hall–Kier alpha value is -0.980. The lowest BCUT2D eigenvalue weighted by Gasteiger charge is -2.33. The average molecular weight is 337 g/mol. The van der Waals surface area contributed by atoms with Gasteiger partial charge in [-0.2, -0.15) is 0 Å². The number of thiazole rings is 1. The molecule has 3 rings (SSSR count). The van der Waals surface area contributed by atoms with Crippen LogP contribution in [0.25, 0.3) is 0 Å². The second kappa shape index (κ2) is 7.73. The number of carbonyl (C=O) groups is 1. The van der Waals surface area contributed by atoms with Crippen molar-refractivity contribution in [2.24, 2.45) is 5.92 Å². The fraction of sp³-hybridized carbons (Fsp3) is 0.765. The Morgan fingerprint density at radius 2 is 2.04 bits per heavy atom. The minimum Gasteiger partial charge on any atom is -0.396 e. The van der Waals surface area contributed by atoms with E-state index in [2.05, 4.69) is 15.2 Å². The molecule has 0 saturated heterocycles. The van der Waals surface area contributed by atoms with Crippen LogP contribution in [0.1, 0.15) is 49.1 Å². The summed E-state index contributed by atoms with van der Waals surface area (Å²) in [6.45, 7) is 0.713. The minimum absolute atomic E-state index is 0.0304. The van der Waals surface area contributed by atoms with Gasteiger partial charge >= 0.3 is 0 Å². The Balaban J connectivity index is 1.48. The molecule has 1 saturated carbocycles. The van der Waals surface area contributed by atoms with E-state index in [1.54, 1.807) is 11.3 Å². The van der Waals surface area contributed by atoms with E-state index in [0.717, 1.165) is 43.7 Å². The first kappa shape index (κ1) is 16.9. The number of aliphatic hydroxyl groups excluding tert-OH is 1. The zero-order valence-electron chi connectivity index (χ0n) is 13.9. The molecule has 5 nitrogen and oxygen atoms in total. The number of nitrogens with one attached hydrogen (secondary N) is 1. The molecule has 2 aliphatic carbocycles. The number of hydrogen-bond acceptors (Lipinski definition) is 5. The first-order chi connectivity index (χ1) is 11.2. The summed E-state index contributed by atoms with van der Waals surface area (Å²) in [5.41, 5.74) is 1.19. The largest absolute Gasteiger partial charge is 0.396 e. The lowest BCUT2D eigenvalue weighted by atomic mass is 9.86. The molecule has 0 unspecified atom stereocenters. The van der Waals surface area contributed by atoms with Crippen molar-refractivity contribution in [3.05, 3.63) is 10.6 Å². The highest BCUT2D eigenvalue weighted by Crippen LogP contribution is 2.30. The van der Waals surface area contributed by atoms with Gasteiger partial charge in [-0.3, -0.25) is 9.69 Å². The molecule has 0 aromatic carbocycles. The Labute approximate surface area is 142 Å². The van der Waals surface area contributed by atoms with Crippen LogP contribution in [-0.2, 0) is 17.6 Å². The number of hydrogen-bond donors (Lipinski definition) is 2. The van der Waals surface area contributed by atoms with Gasteiger partial charge in [-0.05, 0) is 64.3 Å². The van der Waals surface area contributed by atoms with E-state index in [-0.39, 0.29) is 5.91 Å². The van der Waals surface area contributed by atoms with Gasteiger partial charge in [0.25, 0.3) is 0 Å². The lowest BCUT2D eigenvalue weighted by molar-refractivity contribution is -0.117. The van der Waals surface area contributed by atoms with Crippen LogP contribution in [0.2, 0.25) is 0 Å². The molecular formula is C17H27N3O2S. The predicted octanol–water partition coefficient (Wildman–Crippen LogP) is 2.44. The summed E-state index contributed by atoms with van der Waals surface area (Å²) < 4.78 is 0. The number of carbonyl (C=O) groups excluding carboxylic acids is 1. The van der Waals surface area contributed by atoms with Crippen molar-refractivity contribution < 1.29 is 9.90 Å². The fourth-order valence-electron chi connectivity index (χ4n) is 3.69. The molecule has 0 bridgehead atoms. The summed E-state index contributed by atoms with van der Waals surface area (Å²) in [6.07, 6.45) is 8.87. The molecular weight excluding hydrogens is 310 g/mol. The maximum absolute atomic E-state index is 12.3. The van der Waals surface area contributed by atoms with Crippen molar-refractivity contribution in [3.8, 4) is 0 Å². The van der Waals surface area contributed by atoms with Gasteiger partial charge in [0, 0.05) is 17.5 Å². The van der Waals surface area contributed by atoms with E-state index in [9.17, 15) is 9.90 Å². The van der Waals surface area contributed by atoms with Gasteiger partial charge < -0.3 is 10.4 Å². The maximum Gasteiger partial charge on any atom is 0.240 e. The molecule has 23 heavy (non-hydrogen) atoms. The quantitative estimate of drug-likeness (QED) is 0.866. The molecule has 0 spiro atoms. The molecule has 128 valence electrons. The van der Waals surface area contributed by atoms with Crippen LogP contribution in [0.3, 0.4) is 0 Å². The van der Waals surface area contributed by atoms with Crippen LogP contribution >= 0.6 is 11.3 Å². The first-order valence-corrected chi connectivity index (χ1v) is 9.57. The number of nitrogens with zero attached hydrogens (tertiary/aromatic N) is 2. The van der Waals surface area contributed by atoms with Crippen LogP contribution in [0.5, 0.6) is 0 Å². The van der Waals surface area contributed by atoms with Gasteiger partial charge in [-0.1, -0.05) is 0 Å². The van der Waals surface area contributed by atoms with Crippen LogP contribution in [0.4, 0.5) is 5.13 Å². The number of fused-ring (bicyclic) bond motifs is 1. The molecule has 1 fully saturated rings. The summed E-state index contributed by atoms with van der Waals surface area (Å²) in [6, 6.07) is 0.452. The van der Waals surface area contributed by atoms with E-state index in [1.807, 2.05) is 7.05 Å². The minimum atomic E-state index is 0.0304. The van der Waals surface area contributed by atoms with Crippen molar-refractivity contribution in [1.29, 1.82) is 0 Å². The van der Waals surface area contributed by atoms with Gasteiger partial charge in [0.1, 0.15) is 0 Å². The first-order valence-electron chi connectivity index (χ1n) is 8.75. The molecule has 0 aliphatic heterocycles. The molecule has 1 amide bonds. The predicted molar refractivity (Wildman–Crippen MR) is 92.8 cm³/mol. The number of anilines is 1. The van der Waals surface area contributed by atoms with Gasteiger partial charge in [0.2, 0.25) is 5.91 Å². The third-order valence-corrected chi connectivity index (χ3v) is 6.26. The highest BCUT2D eigenvalue weighted by Gasteiger charge is 2.25. The van der Waals surface area contributed by atoms with Crippen LogP contribution in [0.15, 0.2) is 0 Å². The number of aromatic nitrogens is 1. The van der Waals surface area contributed by atoms with Crippen molar-refractivity contribution >= 4 is 22.4 Å². The van der Waals surface area contributed by atoms with Crippen molar-refractivity contribution in [3.63, 3.8) is 0 Å². The molecule has 1 aromatic rings. The zero-order valence-corrected chi connectivity index (χ0v) is 14.7. The Kier molecular flexibility index (Phi) is 5.67. The number of rotatable bonds is 5. The van der Waals surface area contributed by atoms with Crippen molar-refractivity contribution in [2.45, 2.75) is 57.4 Å². The molecule has 2 aliphatic rings. The Morgan fingerprint density at radius 3 is 2.74 bits per heavy atom. The molecule has 6 heteroatoms. The highest BCUT2D eigenvalue weighted by atomic mass is 32.1. The van der Waals surface area contributed by atoms with E-state index >= 15 is 0 Å². The summed E-state index contributed by atoms with van der Waals surface area (Å²) in [5, 5.41) is 13.0. The van der Waals surface area contributed by atoms with E-state index in [1.165, 1.54) is 23.4 Å². The van der Waals surface area contributed by atoms with Crippen LogP contribution in [-0.4, -0.2) is 47.1 Å². The number of aryl methyl sites for hydroxylation is 2. The third-order valence-electron chi connectivity index (χ3n) is 5.18. The van der Waals surface area contributed by atoms with Crippen LogP contribution < -0.4 is 5.32 Å². The summed E-state index contributed by atoms with van der Waals surface area (Å²) in [7, 11) is 2.02. The SMILES string of the molecule is CN(CC(=O)Nc1nc2c(s1)CCCC2)C1CCC(CO)CC1. The van der Waals surface area contributed by atoms with Gasteiger partial charge in [0.05, 0.1) is 12.2 Å². The average Bonchev–Trinajstić information content (AvgIpc) is 2.96. The number of aliphatic hydroxyl groups is 1. The molecule has 2 N–H and O–H groups in total. The second-order valence-electron chi connectivity index (χ2n) is 6.92. The summed E-state index contributed by atoms with van der Waals surface area (Å²) in [4.78, 5) is 20.3. The summed E-state index contributed by atoms with van der Waals surface area (Å²) >= 11 is 1.64. The Morgan fingerprint density at radius 1 is 1.30 bits per heavy atom. The van der Waals surface area contributed by atoms with Crippen molar-refractivity contribution in [1.82, 2.24) is 9.88 Å². The second-order valence-corrected chi connectivity index (χ2v) is 8.00. The van der Waals surface area contributed by atoms with E-state index < -0.39 is 0 Å². The lowest BCUT2D eigenvalue weighted by Crippen LogP contribution is -2.40. The molecule has 1 heterocycles. The standard InChI is InChI=1S/C17H27N3O2S/c1-20(13-8-6-12(11-21)7-9-13)10-16(22)19-17-18-14-4-2-3-5-15(14)23-17/h12-13,21H,2-11H2,1H3,(H,18,19,22). The molecule has 0 radical (unpaired) electrons. The van der Waals surface area contributed by atoms with Gasteiger partial charge in [0.15, 0.2) is 5.13 Å². The maximum atomic E-state index is 12.3. The van der Waals surface area contributed by atoms with E-state index in [4.69, 9.17) is 0 Å². The zero-order chi connectivity index (χ0) is 16.2. The van der Waals surface area contributed by atoms with Crippen LogP contribution in [0, 0.1) is 5.92 Å². The third kappa shape index (κ3) is 4.31. The fourth-order valence-corrected chi connectivity index (χ4v) is 4.75. The summed E-state index contributed by atoms with van der Waals surface area (Å²) in [5.74, 6) is 0.484. The van der Waals surface area contributed by atoms with E-state index in [0.29, 0.717) is 25.1 Å². The Bertz CT molecular complexity index is 514. The number of likely N-dealkylation sites (N-methyl/N-ethyl adjacent to an activating group) is 1. The van der Waals surface area contributed by atoms with Crippen molar-refractivity contribution in [2.75, 3.05) is 25.5 Å².